The number of likely N-dealkylation sites (N-methyl/N-ethyl adjacent to an activating group) is 1. The second-order valence-corrected chi connectivity index (χ2v) is 8.84. The van der Waals surface area contributed by atoms with Crippen molar-refractivity contribution in [1.82, 2.24) is 20.1 Å². The van der Waals surface area contributed by atoms with Crippen LogP contribution in [0.4, 0.5) is 10.1 Å². The van der Waals surface area contributed by atoms with Crippen molar-refractivity contribution >= 4 is 90.2 Å². The number of anilines is 1. The summed E-state index contributed by atoms with van der Waals surface area (Å²) in [5.41, 5.74) is 0.160. The van der Waals surface area contributed by atoms with Gasteiger partial charge in [0.1, 0.15) is 5.69 Å². The number of amides is 2. The van der Waals surface area contributed by atoms with E-state index in [0.717, 1.165) is 6.08 Å². The van der Waals surface area contributed by atoms with E-state index < -0.39 is 17.6 Å². The van der Waals surface area contributed by atoms with Gasteiger partial charge in [-0.1, -0.05) is 34.8 Å². The second-order valence-electron chi connectivity index (χ2n) is 6.02. The Morgan fingerprint density at radius 2 is 1.88 bits per heavy atom. The van der Waals surface area contributed by atoms with E-state index in [1.807, 2.05) is 0 Å². The topological polar surface area (TPSA) is 88.9 Å². The van der Waals surface area contributed by atoms with Crippen LogP contribution in [-0.4, -0.2) is 33.6 Å². The lowest BCUT2D eigenvalue weighted by molar-refractivity contribution is -0.118. The lowest BCUT2D eigenvalue weighted by Gasteiger charge is -2.14. The first-order valence-electron chi connectivity index (χ1n) is 8.59. The fourth-order valence-electron chi connectivity index (χ4n) is 2.57. The van der Waals surface area contributed by atoms with Crippen molar-refractivity contribution in [2.75, 3.05) is 12.4 Å². The van der Waals surface area contributed by atoms with Gasteiger partial charge in [0.25, 0.3) is 11.8 Å². The zero-order valence-corrected chi connectivity index (χ0v) is 21.3. The van der Waals surface area contributed by atoms with Gasteiger partial charge in [-0.05, 0) is 62.2 Å². The van der Waals surface area contributed by atoms with Gasteiger partial charge < -0.3 is 10.6 Å². The highest BCUT2D eigenvalue weighted by Crippen LogP contribution is 2.36. The summed E-state index contributed by atoms with van der Waals surface area (Å²) in [5, 5.41) is 9.25. The summed E-state index contributed by atoms with van der Waals surface area (Å²) in [5.74, 6) is -2.56. The number of hydrogen-bond acceptors (Lipinski definition) is 4. The molecule has 3 aromatic rings. The Balaban J connectivity index is 2.11. The monoisotopic (exact) mass is 623 g/mol. The summed E-state index contributed by atoms with van der Waals surface area (Å²) in [6.45, 7) is 0. The number of hydrogen-bond donors (Lipinski definition) is 2. The van der Waals surface area contributed by atoms with E-state index in [0.29, 0.717) is 4.47 Å². The fourth-order valence-corrected chi connectivity index (χ4v) is 4.03. The van der Waals surface area contributed by atoms with Crippen LogP contribution in [0.3, 0.4) is 0 Å². The number of halogens is 6. The molecule has 1 aromatic carbocycles. The van der Waals surface area contributed by atoms with Crippen molar-refractivity contribution < 1.29 is 14.0 Å². The van der Waals surface area contributed by atoms with Crippen molar-refractivity contribution in [2.45, 2.75) is 0 Å². The van der Waals surface area contributed by atoms with Crippen molar-refractivity contribution in [3.63, 3.8) is 0 Å². The maximum atomic E-state index is 14.2. The first-order valence-corrected chi connectivity index (χ1v) is 11.3. The minimum atomic E-state index is -1.10. The van der Waals surface area contributed by atoms with E-state index in [1.54, 1.807) is 18.2 Å². The molecule has 2 heterocycles. The quantitative estimate of drug-likeness (QED) is 0.337. The molecule has 0 aliphatic rings. The highest BCUT2D eigenvalue weighted by atomic mass is 79.9. The predicted molar refractivity (Wildman–Crippen MR) is 129 cm³/mol. The standard InChI is InChI=1S/C19H11Br2Cl3FN5O2/c1-26-18(31)12(25)7-8-10(22)5-4-9(20)14(8)28-19(32)15-13(21)16(24)29-30(15)17-11(23)3-2-6-27-17/h2-7H,1H3,(H,26,31)(H,28,32). The number of rotatable bonds is 5. The number of carbonyl (C=O) groups is 2. The molecule has 0 spiro atoms. The number of benzene rings is 1. The number of nitrogens with one attached hydrogen (secondary N) is 2. The molecule has 166 valence electrons. The van der Waals surface area contributed by atoms with Crippen LogP contribution in [0.2, 0.25) is 15.2 Å². The van der Waals surface area contributed by atoms with Crippen molar-refractivity contribution in [2.24, 2.45) is 0 Å². The van der Waals surface area contributed by atoms with Gasteiger partial charge in [0.05, 0.1) is 20.2 Å². The van der Waals surface area contributed by atoms with Crippen LogP contribution in [0.15, 0.2) is 45.2 Å². The highest BCUT2D eigenvalue weighted by molar-refractivity contribution is 9.11. The summed E-state index contributed by atoms with van der Waals surface area (Å²) in [4.78, 5) is 29.0. The average Bonchev–Trinajstić information content (AvgIpc) is 3.06. The lowest BCUT2D eigenvalue weighted by atomic mass is 10.1. The summed E-state index contributed by atoms with van der Waals surface area (Å²) < 4.78 is 16.0. The molecular weight excluding hydrogens is 615 g/mol. The van der Waals surface area contributed by atoms with Gasteiger partial charge in [-0.25, -0.2) is 14.1 Å². The smallest absolute Gasteiger partial charge is 0.279 e. The molecule has 0 fully saturated rings. The van der Waals surface area contributed by atoms with Crippen LogP contribution in [-0.2, 0) is 4.79 Å². The van der Waals surface area contributed by atoms with Gasteiger partial charge in [0.2, 0.25) is 0 Å². The molecule has 32 heavy (non-hydrogen) atoms. The first kappa shape index (κ1) is 24.7. The number of nitrogens with zero attached hydrogens (tertiary/aromatic N) is 3. The van der Waals surface area contributed by atoms with Gasteiger partial charge in [-0.15, -0.1) is 0 Å². The van der Waals surface area contributed by atoms with Crippen LogP contribution in [0, 0.1) is 0 Å². The van der Waals surface area contributed by atoms with Crippen LogP contribution < -0.4 is 10.6 Å². The van der Waals surface area contributed by atoms with Gasteiger partial charge in [0.15, 0.2) is 16.8 Å². The van der Waals surface area contributed by atoms with Gasteiger partial charge in [0, 0.05) is 23.3 Å². The van der Waals surface area contributed by atoms with Crippen molar-refractivity contribution in [1.29, 1.82) is 0 Å². The summed E-state index contributed by atoms with van der Waals surface area (Å²) in [7, 11) is 1.28. The van der Waals surface area contributed by atoms with E-state index in [9.17, 15) is 14.0 Å². The third-order valence-electron chi connectivity index (χ3n) is 4.04. The van der Waals surface area contributed by atoms with Crippen LogP contribution >= 0.6 is 66.7 Å². The molecule has 0 saturated heterocycles. The first-order chi connectivity index (χ1) is 15.1. The molecule has 0 aliphatic carbocycles. The SMILES string of the molecule is CNC(=O)C(F)=Cc1c(Cl)ccc(Br)c1NC(=O)c1c(Br)c(Cl)nn1-c1ncccc1Cl. The molecule has 2 aromatic heterocycles. The number of aromatic nitrogens is 3. The Morgan fingerprint density at radius 1 is 1.16 bits per heavy atom. The Bertz CT molecular complexity index is 1270. The highest BCUT2D eigenvalue weighted by Gasteiger charge is 2.26. The minimum absolute atomic E-state index is 0.00666. The largest absolute Gasteiger partial charge is 0.353 e. The molecule has 13 heteroatoms. The molecule has 0 unspecified atom stereocenters. The zero-order valence-electron chi connectivity index (χ0n) is 15.9. The Kier molecular flexibility index (Phi) is 7.94. The third-order valence-corrected chi connectivity index (χ3v) is 6.57. The maximum absolute atomic E-state index is 14.2. The molecule has 0 radical (unpaired) electrons. The van der Waals surface area contributed by atoms with Gasteiger partial charge in [-0.2, -0.15) is 5.10 Å². The van der Waals surface area contributed by atoms with E-state index in [2.05, 4.69) is 52.6 Å². The molecule has 2 amide bonds. The molecule has 3 rings (SSSR count). The lowest BCUT2D eigenvalue weighted by Crippen LogP contribution is -2.20. The average molecular weight is 626 g/mol. The van der Waals surface area contributed by atoms with E-state index in [-0.39, 0.29) is 42.4 Å². The number of carbonyl (C=O) groups excluding carboxylic acids is 2. The molecule has 0 atom stereocenters. The van der Waals surface area contributed by atoms with Crippen LogP contribution in [0.5, 0.6) is 0 Å². The van der Waals surface area contributed by atoms with E-state index in [4.69, 9.17) is 34.8 Å². The Hall–Kier alpha value is -1.98. The van der Waals surface area contributed by atoms with Crippen LogP contribution in [0.1, 0.15) is 16.1 Å². The van der Waals surface area contributed by atoms with E-state index >= 15 is 0 Å². The predicted octanol–water partition coefficient (Wildman–Crippen LogP) is 6.06. The van der Waals surface area contributed by atoms with Crippen LogP contribution in [0.25, 0.3) is 11.9 Å². The maximum Gasteiger partial charge on any atom is 0.279 e. The molecular formula is C19H11Br2Cl3FN5O2. The van der Waals surface area contributed by atoms with Crippen molar-refractivity contribution in [3.05, 3.63) is 71.7 Å². The second kappa shape index (κ2) is 10.3. The summed E-state index contributed by atoms with van der Waals surface area (Å²) in [6, 6.07) is 6.23. The molecule has 0 aliphatic heterocycles. The normalized spacial score (nSPS) is 11.4. The number of pyridine rings is 1. The molecule has 0 saturated carbocycles. The van der Waals surface area contributed by atoms with E-state index in [1.165, 1.54) is 24.0 Å². The zero-order chi connectivity index (χ0) is 23.6. The molecule has 2 N–H and O–H groups in total. The van der Waals surface area contributed by atoms with Gasteiger partial charge in [-0.3, -0.25) is 9.59 Å². The summed E-state index contributed by atoms with van der Waals surface area (Å²) >= 11 is 25.1. The van der Waals surface area contributed by atoms with Crippen molar-refractivity contribution in [3.8, 4) is 5.82 Å². The van der Waals surface area contributed by atoms with Gasteiger partial charge >= 0.3 is 0 Å². The molecule has 7 nitrogen and oxygen atoms in total. The minimum Gasteiger partial charge on any atom is -0.353 e. The Morgan fingerprint density at radius 3 is 2.53 bits per heavy atom. The summed E-state index contributed by atoms with van der Waals surface area (Å²) in [6.07, 6.45) is 2.39. The molecule has 0 bridgehead atoms. The third kappa shape index (κ3) is 4.99. The fraction of sp³-hybridized carbons (Fsp3) is 0.0526. The Labute approximate surface area is 213 Å².